The summed E-state index contributed by atoms with van der Waals surface area (Å²) in [5, 5.41) is 0. The van der Waals surface area contributed by atoms with Crippen molar-refractivity contribution in [3.63, 3.8) is 0 Å². The highest BCUT2D eigenvalue weighted by molar-refractivity contribution is 7.16. The molecule has 2 heterocycles. The number of para-hydroxylation sites is 1. The maximum absolute atomic E-state index is 12.7. The predicted molar refractivity (Wildman–Crippen MR) is 108 cm³/mol. The minimum absolute atomic E-state index is 0.0199. The van der Waals surface area contributed by atoms with Crippen LogP contribution >= 0.6 is 11.3 Å². The van der Waals surface area contributed by atoms with Crippen molar-refractivity contribution >= 4 is 39.1 Å². The highest BCUT2D eigenvalue weighted by Gasteiger charge is 2.35. The van der Waals surface area contributed by atoms with Crippen LogP contribution in [0, 0.1) is 5.92 Å². The number of rotatable bonds is 3. The normalized spacial score (nSPS) is 17.9. The van der Waals surface area contributed by atoms with E-state index in [0.717, 1.165) is 22.3 Å². The van der Waals surface area contributed by atoms with Gasteiger partial charge < -0.3 is 9.47 Å². The summed E-state index contributed by atoms with van der Waals surface area (Å²) >= 11 is 1.49. The molecule has 1 fully saturated rings. The zero-order chi connectivity index (χ0) is 19.0. The van der Waals surface area contributed by atoms with Gasteiger partial charge in [-0.05, 0) is 36.2 Å². The van der Waals surface area contributed by atoms with Gasteiger partial charge >= 0.3 is 0 Å². The van der Waals surface area contributed by atoms with Gasteiger partial charge in [0.25, 0.3) is 5.91 Å². The number of hydrogen-bond donors (Lipinski definition) is 0. The molecule has 1 aliphatic rings. The van der Waals surface area contributed by atoms with E-state index in [1.54, 1.807) is 4.90 Å². The molecule has 3 aromatic rings. The average Bonchev–Trinajstić information content (AvgIpc) is 3.23. The molecule has 1 aromatic heterocycles. The molecule has 138 valence electrons. The van der Waals surface area contributed by atoms with Crippen molar-refractivity contribution in [1.82, 2.24) is 4.57 Å². The number of aryl methyl sites for hydroxylation is 2. The lowest BCUT2D eigenvalue weighted by atomic mass is 10.1. The summed E-state index contributed by atoms with van der Waals surface area (Å²) in [6.07, 6.45) is 1.17. The second kappa shape index (κ2) is 7.12. The number of fused-ring (bicyclic) bond motifs is 1. The minimum Gasteiger partial charge on any atom is -0.319 e. The molecule has 0 bridgehead atoms. The summed E-state index contributed by atoms with van der Waals surface area (Å²) in [6.45, 7) is 2.49. The van der Waals surface area contributed by atoms with Crippen LogP contribution in [0.2, 0.25) is 0 Å². The SMILES string of the molecule is CCc1ccc(N2C[C@@H](C(=O)N=c3sc4ccccc4n3C)CC2=O)cc1. The fraction of sp³-hybridized carbons (Fsp3) is 0.286. The number of thiazole rings is 1. The van der Waals surface area contributed by atoms with Gasteiger partial charge in [-0.3, -0.25) is 9.59 Å². The Bertz CT molecular complexity index is 1080. The van der Waals surface area contributed by atoms with Crippen LogP contribution in [-0.2, 0) is 23.1 Å². The van der Waals surface area contributed by atoms with Crippen molar-refractivity contribution in [3.8, 4) is 0 Å². The Kier molecular flexibility index (Phi) is 4.66. The van der Waals surface area contributed by atoms with Crippen LogP contribution in [0.1, 0.15) is 18.9 Å². The Morgan fingerprint density at radius 3 is 2.63 bits per heavy atom. The Labute approximate surface area is 161 Å². The van der Waals surface area contributed by atoms with Crippen molar-refractivity contribution in [2.75, 3.05) is 11.4 Å². The molecule has 1 atom stereocenters. The topological polar surface area (TPSA) is 54.7 Å². The fourth-order valence-corrected chi connectivity index (χ4v) is 4.43. The lowest BCUT2D eigenvalue weighted by Crippen LogP contribution is -2.26. The smallest absolute Gasteiger partial charge is 0.253 e. The first kappa shape index (κ1) is 17.7. The summed E-state index contributed by atoms with van der Waals surface area (Å²) < 4.78 is 3.02. The number of nitrogens with zero attached hydrogens (tertiary/aromatic N) is 3. The van der Waals surface area contributed by atoms with Crippen LogP contribution < -0.4 is 9.70 Å². The number of amides is 2. The Hall–Kier alpha value is -2.73. The molecule has 0 spiro atoms. The van der Waals surface area contributed by atoms with Crippen molar-refractivity contribution in [2.45, 2.75) is 19.8 Å². The van der Waals surface area contributed by atoms with Crippen LogP contribution in [0.3, 0.4) is 0 Å². The van der Waals surface area contributed by atoms with Crippen molar-refractivity contribution in [1.29, 1.82) is 0 Å². The number of carbonyl (C=O) groups excluding carboxylic acids is 2. The highest BCUT2D eigenvalue weighted by atomic mass is 32.1. The van der Waals surface area contributed by atoms with Crippen LogP contribution in [0.15, 0.2) is 53.5 Å². The van der Waals surface area contributed by atoms with Crippen LogP contribution in [0.25, 0.3) is 10.2 Å². The quantitative estimate of drug-likeness (QED) is 0.701. The van der Waals surface area contributed by atoms with Gasteiger partial charge in [-0.2, -0.15) is 4.99 Å². The molecule has 0 saturated carbocycles. The molecule has 5 nitrogen and oxygen atoms in total. The number of benzene rings is 2. The van der Waals surface area contributed by atoms with E-state index in [4.69, 9.17) is 0 Å². The van der Waals surface area contributed by atoms with E-state index in [1.807, 2.05) is 60.1 Å². The molecular weight excluding hydrogens is 358 g/mol. The first-order chi connectivity index (χ1) is 13.1. The van der Waals surface area contributed by atoms with Gasteiger partial charge in [0, 0.05) is 25.7 Å². The van der Waals surface area contributed by atoms with Gasteiger partial charge in [-0.1, -0.05) is 42.5 Å². The fourth-order valence-electron chi connectivity index (χ4n) is 3.41. The maximum Gasteiger partial charge on any atom is 0.253 e. The highest BCUT2D eigenvalue weighted by Crippen LogP contribution is 2.26. The monoisotopic (exact) mass is 379 g/mol. The Balaban J connectivity index is 1.57. The van der Waals surface area contributed by atoms with Crippen molar-refractivity contribution in [2.24, 2.45) is 18.0 Å². The molecule has 27 heavy (non-hydrogen) atoms. The van der Waals surface area contributed by atoms with E-state index >= 15 is 0 Å². The van der Waals surface area contributed by atoms with Crippen LogP contribution in [-0.4, -0.2) is 22.9 Å². The molecule has 0 unspecified atom stereocenters. The number of anilines is 1. The van der Waals surface area contributed by atoms with E-state index in [9.17, 15) is 9.59 Å². The average molecular weight is 379 g/mol. The number of carbonyl (C=O) groups is 2. The second-order valence-corrected chi connectivity index (χ2v) is 7.80. The molecule has 1 aliphatic heterocycles. The second-order valence-electron chi connectivity index (χ2n) is 6.79. The van der Waals surface area contributed by atoms with Crippen molar-refractivity contribution < 1.29 is 9.59 Å². The third-order valence-electron chi connectivity index (χ3n) is 5.05. The van der Waals surface area contributed by atoms with Gasteiger partial charge in [0.15, 0.2) is 4.80 Å². The number of aromatic nitrogens is 1. The molecule has 0 aliphatic carbocycles. The summed E-state index contributed by atoms with van der Waals surface area (Å²) in [4.78, 5) is 31.8. The van der Waals surface area contributed by atoms with E-state index in [2.05, 4.69) is 11.9 Å². The molecule has 0 N–H and O–H groups in total. The van der Waals surface area contributed by atoms with Gasteiger partial charge in [0.2, 0.25) is 5.91 Å². The van der Waals surface area contributed by atoms with E-state index < -0.39 is 5.92 Å². The van der Waals surface area contributed by atoms with Gasteiger partial charge in [0.1, 0.15) is 0 Å². The van der Waals surface area contributed by atoms with Gasteiger partial charge in [-0.25, -0.2) is 0 Å². The predicted octanol–water partition coefficient (Wildman–Crippen LogP) is 3.28. The third kappa shape index (κ3) is 3.32. The third-order valence-corrected chi connectivity index (χ3v) is 6.16. The molecule has 6 heteroatoms. The maximum atomic E-state index is 12.7. The lowest BCUT2D eigenvalue weighted by molar-refractivity contribution is -0.123. The first-order valence-electron chi connectivity index (χ1n) is 9.09. The van der Waals surface area contributed by atoms with Gasteiger partial charge in [0.05, 0.1) is 16.1 Å². The van der Waals surface area contributed by atoms with E-state index in [0.29, 0.717) is 11.3 Å². The summed E-state index contributed by atoms with van der Waals surface area (Å²) in [6, 6.07) is 15.9. The largest absolute Gasteiger partial charge is 0.319 e. The Morgan fingerprint density at radius 2 is 1.93 bits per heavy atom. The van der Waals surface area contributed by atoms with Crippen LogP contribution in [0.5, 0.6) is 0 Å². The lowest BCUT2D eigenvalue weighted by Gasteiger charge is -2.16. The standard InChI is InChI=1S/C21H21N3O2S/c1-3-14-8-10-16(11-9-14)24-13-15(12-19(24)25)20(26)22-21-23(2)17-6-4-5-7-18(17)27-21/h4-11,15H,3,12-13H2,1-2H3/t15-/m0/s1. The van der Waals surface area contributed by atoms with Gasteiger partial charge in [-0.15, -0.1) is 0 Å². The molecule has 2 aromatic carbocycles. The molecule has 1 saturated heterocycles. The molecular formula is C21H21N3O2S. The summed E-state index contributed by atoms with van der Waals surface area (Å²) in [5.74, 6) is -0.639. The van der Waals surface area contributed by atoms with E-state index in [-0.39, 0.29) is 18.2 Å². The zero-order valence-electron chi connectivity index (χ0n) is 15.4. The summed E-state index contributed by atoms with van der Waals surface area (Å²) in [5.41, 5.74) is 3.12. The molecule has 2 amide bonds. The zero-order valence-corrected chi connectivity index (χ0v) is 16.2. The summed E-state index contributed by atoms with van der Waals surface area (Å²) in [7, 11) is 1.91. The van der Waals surface area contributed by atoms with Crippen LogP contribution in [0.4, 0.5) is 5.69 Å². The minimum atomic E-state index is -0.395. The van der Waals surface area contributed by atoms with E-state index in [1.165, 1.54) is 16.9 Å². The first-order valence-corrected chi connectivity index (χ1v) is 9.91. The van der Waals surface area contributed by atoms with Crippen molar-refractivity contribution in [3.05, 3.63) is 58.9 Å². The Morgan fingerprint density at radius 1 is 1.19 bits per heavy atom. The molecule has 4 rings (SSSR count). The number of hydrogen-bond acceptors (Lipinski definition) is 3. The molecule has 0 radical (unpaired) electrons.